The van der Waals surface area contributed by atoms with Gasteiger partial charge in [-0.25, -0.2) is 9.97 Å². The summed E-state index contributed by atoms with van der Waals surface area (Å²) in [6, 6.07) is 6.52. The zero-order chi connectivity index (χ0) is 15.5. The molecule has 1 aliphatic rings. The predicted octanol–water partition coefficient (Wildman–Crippen LogP) is 3.64. The molecule has 22 heavy (non-hydrogen) atoms. The van der Waals surface area contributed by atoms with Crippen LogP contribution in [0.4, 0.5) is 11.6 Å². The second-order valence-corrected chi connectivity index (χ2v) is 5.88. The first-order valence-electron chi connectivity index (χ1n) is 6.97. The molecule has 0 radical (unpaired) electrons. The zero-order valence-electron chi connectivity index (χ0n) is 11.7. The Morgan fingerprint density at radius 1 is 1.14 bits per heavy atom. The molecule has 1 aromatic heterocycles. The summed E-state index contributed by atoms with van der Waals surface area (Å²) in [5.41, 5.74) is 0.315. The first-order chi connectivity index (χ1) is 10.6. The summed E-state index contributed by atoms with van der Waals surface area (Å²) in [5.74, 6) is 0.913. The van der Waals surface area contributed by atoms with Gasteiger partial charge >= 0.3 is 0 Å². The van der Waals surface area contributed by atoms with E-state index in [4.69, 9.17) is 23.2 Å². The van der Waals surface area contributed by atoms with Crippen LogP contribution in [0, 0.1) is 0 Å². The number of rotatable bonds is 3. The molecule has 0 spiro atoms. The summed E-state index contributed by atoms with van der Waals surface area (Å²) in [6.07, 6.45) is 3.76. The Labute approximate surface area is 138 Å². The molecule has 3 rings (SSSR count). The fourth-order valence-corrected chi connectivity index (χ4v) is 2.77. The molecule has 114 valence electrons. The van der Waals surface area contributed by atoms with Gasteiger partial charge < -0.3 is 10.2 Å². The lowest BCUT2D eigenvalue weighted by Crippen LogP contribution is -2.20. The van der Waals surface area contributed by atoms with Crippen molar-refractivity contribution in [3.63, 3.8) is 0 Å². The van der Waals surface area contributed by atoms with Gasteiger partial charge in [0.15, 0.2) is 0 Å². The van der Waals surface area contributed by atoms with Crippen LogP contribution < -0.4 is 10.2 Å². The van der Waals surface area contributed by atoms with Crippen molar-refractivity contribution in [3.05, 3.63) is 46.2 Å². The van der Waals surface area contributed by atoms with E-state index in [1.54, 1.807) is 18.2 Å². The van der Waals surface area contributed by atoms with E-state index in [1.165, 1.54) is 12.4 Å². The minimum absolute atomic E-state index is 0.315. The molecule has 1 aliphatic heterocycles. The maximum Gasteiger partial charge on any atom is 0.258 e. The van der Waals surface area contributed by atoms with E-state index in [2.05, 4.69) is 20.2 Å². The van der Waals surface area contributed by atoms with E-state index >= 15 is 0 Å². The number of benzene rings is 1. The summed E-state index contributed by atoms with van der Waals surface area (Å²) in [5, 5.41) is 3.53. The fourth-order valence-electron chi connectivity index (χ4n) is 2.39. The van der Waals surface area contributed by atoms with Crippen LogP contribution >= 0.6 is 23.2 Å². The van der Waals surface area contributed by atoms with Gasteiger partial charge in [0.2, 0.25) is 0 Å². The van der Waals surface area contributed by atoms with Crippen molar-refractivity contribution in [2.24, 2.45) is 0 Å². The van der Waals surface area contributed by atoms with Gasteiger partial charge in [0, 0.05) is 24.2 Å². The third kappa shape index (κ3) is 3.31. The predicted molar refractivity (Wildman–Crippen MR) is 87.9 cm³/mol. The molecular weight excluding hydrogens is 323 g/mol. The van der Waals surface area contributed by atoms with Crippen LogP contribution in [0.5, 0.6) is 0 Å². The van der Waals surface area contributed by atoms with Crippen molar-refractivity contribution in [1.29, 1.82) is 0 Å². The first kappa shape index (κ1) is 15.1. The van der Waals surface area contributed by atoms with Crippen LogP contribution in [0.25, 0.3) is 0 Å². The molecule has 2 heterocycles. The molecule has 7 heteroatoms. The van der Waals surface area contributed by atoms with Gasteiger partial charge in [-0.3, -0.25) is 4.79 Å². The number of carbonyl (C=O) groups is 1. The molecule has 1 amide bonds. The Balaban J connectivity index is 1.79. The molecule has 0 bridgehead atoms. The van der Waals surface area contributed by atoms with Gasteiger partial charge in [0.05, 0.1) is 10.6 Å². The van der Waals surface area contributed by atoms with Crippen molar-refractivity contribution in [2.45, 2.75) is 12.8 Å². The van der Waals surface area contributed by atoms with Crippen LogP contribution in [-0.2, 0) is 0 Å². The Bertz CT molecular complexity index is 702. The largest absolute Gasteiger partial charge is 0.356 e. The SMILES string of the molecule is O=C(Nc1cc(N2CCCC2)ncn1)c1cc(Cl)ccc1Cl. The Morgan fingerprint density at radius 3 is 2.68 bits per heavy atom. The van der Waals surface area contributed by atoms with Crippen LogP contribution in [0.1, 0.15) is 23.2 Å². The number of nitrogens with one attached hydrogen (secondary N) is 1. The average Bonchev–Trinajstić information content (AvgIpc) is 3.04. The monoisotopic (exact) mass is 336 g/mol. The van der Waals surface area contributed by atoms with Crippen molar-refractivity contribution in [1.82, 2.24) is 9.97 Å². The highest BCUT2D eigenvalue weighted by atomic mass is 35.5. The van der Waals surface area contributed by atoms with Crippen molar-refractivity contribution in [2.75, 3.05) is 23.3 Å². The topological polar surface area (TPSA) is 58.1 Å². The second kappa shape index (κ2) is 6.50. The van der Waals surface area contributed by atoms with Gasteiger partial charge in [0.25, 0.3) is 5.91 Å². The highest BCUT2D eigenvalue weighted by Gasteiger charge is 2.16. The van der Waals surface area contributed by atoms with Crippen molar-refractivity contribution < 1.29 is 4.79 Å². The molecule has 1 aromatic carbocycles. The molecule has 0 saturated carbocycles. The molecule has 0 unspecified atom stereocenters. The lowest BCUT2D eigenvalue weighted by Gasteiger charge is -2.16. The number of nitrogens with zero attached hydrogens (tertiary/aromatic N) is 3. The molecule has 1 saturated heterocycles. The number of aromatic nitrogens is 2. The molecule has 0 atom stereocenters. The first-order valence-corrected chi connectivity index (χ1v) is 7.72. The van der Waals surface area contributed by atoms with Crippen LogP contribution in [0.2, 0.25) is 10.0 Å². The molecule has 1 N–H and O–H groups in total. The number of carbonyl (C=O) groups excluding carboxylic acids is 1. The van der Waals surface area contributed by atoms with E-state index in [0.717, 1.165) is 31.7 Å². The lowest BCUT2D eigenvalue weighted by atomic mass is 10.2. The van der Waals surface area contributed by atoms with Crippen molar-refractivity contribution >= 4 is 40.7 Å². The van der Waals surface area contributed by atoms with Gasteiger partial charge in [0.1, 0.15) is 18.0 Å². The third-order valence-corrected chi connectivity index (χ3v) is 4.06. The van der Waals surface area contributed by atoms with Gasteiger partial charge in [-0.15, -0.1) is 0 Å². The fraction of sp³-hybridized carbons (Fsp3) is 0.267. The van der Waals surface area contributed by atoms with Crippen LogP contribution in [0.15, 0.2) is 30.6 Å². The number of hydrogen-bond acceptors (Lipinski definition) is 4. The number of amides is 1. The standard InChI is InChI=1S/C15H14Cl2N4O/c16-10-3-4-12(17)11(7-10)15(22)20-13-8-14(19-9-18-13)21-5-1-2-6-21/h3-4,7-9H,1-2,5-6H2,(H,18,19,20,22). The van der Waals surface area contributed by atoms with E-state index in [1.807, 2.05) is 0 Å². The average molecular weight is 337 g/mol. The van der Waals surface area contributed by atoms with Gasteiger partial charge in [-0.2, -0.15) is 0 Å². The van der Waals surface area contributed by atoms with Gasteiger partial charge in [-0.05, 0) is 31.0 Å². The minimum Gasteiger partial charge on any atom is -0.356 e. The number of hydrogen-bond donors (Lipinski definition) is 1. The molecule has 5 nitrogen and oxygen atoms in total. The molecular formula is C15H14Cl2N4O. The maximum atomic E-state index is 12.3. The third-order valence-electron chi connectivity index (χ3n) is 3.50. The highest BCUT2D eigenvalue weighted by molar-refractivity contribution is 6.36. The maximum absolute atomic E-state index is 12.3. The van der Waals surface area contributed by atoms with E-state index in [-0.39, 0.29) is 5.91 Å². The summed E-state index contributed by atoms with van der Waals surface area (Å²) in [7, 11) is 0. The zero-order valence-corrected chi connectivity index (χ0v) is 13.2. The van der Waals surface area contributed by atoms with E-state index in [0.29, 0.717) is 21.4 Å². The Kier molecular flexibility index (Phi) is 4.45. The minimum atomic E-state index is -0.349. The second-order valence-electron chi connectivity index (χ2n) is 5.03. The smallest absolute Gasteiger partial charge is 0.258 e. The van der Waals surface area contributed by atoms with Gasteiger partial charge in [-0.1, -0.05) is 23.2 Å². The molecule has 2 aromatic rings. The normalized spacial score (nSPS) is 14.2. The Hall–Kier alpha value is -1.85. The molecule has 1 fully saturated rings. The van der Waals surface area contributed by atoms with E-state index < -0.39 is 0 Å². The quantitative estimate of drug-likeness (QED) is 0.929. The Morgan fingerprint density at radius 2 is 1.91 bits per heavy atom. The number of halogens is 2. The molecule has 0 aliphatic carbocycles. The van der Waals surface area contributed by atoms with Crippen LogP contribution in [0.3, 0.4) is 0 Å². The summed E-state index contributed by atoms with van der Waals surface area (Å²) < 4.78 is 0. The summed E-state index contributed by atoms with van der Waals surface area (Å²) >= 11 is 11.9. The lowest BCUT2D eigenvalue weighted by molar-refractivity contribution is 0.102. The highest BCUT2D eigenvalue weighted by Crippen LogP contribution is 2.23. The summed E-state index contributed by atoms with van der Waals surface area (Å²) in [6.45, 7) is 1.95. The summed E-state index contributed by atoms with van der Waals surface area (Å²) in [4.78, 5) is 22.8. The van der Waals surface area contributed by atoms with E-state index in [9.17, 15) is 4.79 Å². The van der Waals surface area contributed by atoms with Crippen LogP contribution in [-0.4, -0.2) is 29.0 Å². The number of anilines is 2. The van der Waals surface area contributed by atoms with Crippen molar-refractivity contribution in [3.8, 4) is 0 Å².